The summed E-state index contributed by atoms with van der Waals surface area (Å²) < 4.78 is 4.40. The summed E-state index contributed by atoms with van der Waals surface area (Å²) in [6.45, 7) is 0. The molecule has 0 aliphatic heterocycles. The Hall–Kier alpha value is -0.132. The van der Waals surface area contributed by atoms with Crippen molar-refractivity contribution in [1.29, 1.82) is 0 Å². The molecule has 0 N–H and O–H groups in total. The molecule has 0 saturated carbocycles. The van der Waals surface area contributed by atoms with Crippen LogP contribution in [-0.4, -0.2) is 47.7 Å². The molecule has 0 bridgehead atoms. The monoisotopic (exact) mass is 406 g/mol. The van der Waals surface area contributed by atoms with Crippen molar-refractivity contribution in [2.75, 3.05) is 0 Å². The van der Waals surface area contributed by atoms with Crippen LogP contribution in [0.5, 0.6) is 0 Å². The third-order valence-electron chi connectivity index (χ3n) is 1.89. The molecule has 0 spiro atoms. The Bertz CT molecular complexity index is 408. The Labute approximate surface area is 117 Å². The predicted molar refractivity (Wildman–Crippen MR) is 74.4 cm³/mol. The fourth-order valence-corrected chi connectivity index (χ4v) is 7.97. The fourth-order valence-electron chi connectivity index (χ4n) is 1.19. The topological polar surface area (TPSA) is 0 Å². The van der Waals surface area contributed by atoms with Gasteiger partial charge < -0.3 is 0 Å². The molecule has 0 nitrogen and oxygen atoms in total. The first-order valence-corrected chi connectivity index (χ1v) is 9.12. The zero-order valence-corrected chi connectivity index (χ0v) is 13.6. The number of rotatable bonds is 4. The molecule has 0 atom stereocenters. The summed E-state index contributed by atoms with van der Waals surface area (Å²) in [5.74, 6) is 0. The minimum absolute atomic E-state index is 0.469. The van der Waals surface area contributed by atoms with Crippen LogP contribution in [0, 0.1) is 0 Å². The van der Waals surface area contributed by atoms with Crippen molar-refractivity contribution < 1.29 is 0 Å². The van der Waals surface area contributed by atoms with Crippen molar-refractivity contribution in [3.8, 4) is 0 Å². The average molecular weight is 403 g/mol. The van der Waals surface area contributed by atoms with Crippen molar-refractivity contribution in [3.63, 3.8) is 0 Å². The zero-order valence-electron chi connectivity index (χ0n) is 8.50. The minimum atomic E-state index is 0.469. The summed E-state index contributed by atoms with van der Waals surface area (Å²) in [5, 5.41) is 0. The molecule has 0 unspecified atom stereocenters. The molecule has 0 aromatic heterocycles. The summed E-state index contributed by atoms with van der Waals surface area (Å²) >= 11 is 4.18. The molecule has 0 radical (unpaired) electrons. The molecule has 0 amide bonds. The normalized spacial score (nSPS) is 10.0. The van der Waals surface area contributed by atoms with Gasteiger partial charge in [-0.15, -0.1) is 0 Å². The van der Waals surface area contributed by atoms with Crippen molar-refractivity contribution in [3.05, 3.63) is 60.7 Å². The van der Waals surface area contributed by atoms with Crippen LogP contribution in [0.2, 0.25) is 0 Å². The van der Waals surface area contributed by atoms with Gasteiger partial charge in [0, 0.05) is 0 Å². The molecule has 0 heterocycles. The summed E-state index contributed by atoms with van der Waals surface area (Å²) in [5.41, 5.74) is 0. The fraction of sp³-hybridized carbons (Fsp3) is 0. The molecular weight excluding hydrogens is 393 g/mol. The van der Waals surface area contributed by atoms with Gasteiger partial charge in [0.2, 0.25) is 0 Å². The van der Waals surface area contributed by atoms with E-state index < -0.39 is 0 Å². The molecule has 0 aliphatic rings. The van der Waals surface area contributed by atoms with E-state index in [9.17, 15) is 0 Å². The van der Waals surface area contributed by atoms with E-state index in [0.29, 0.717) is 29.9 Å². The van der Waals surface area contributed by atoms with Gasteiger partial charge in [0.25, 0.3) is 0 Å². The Morgan fingerprint density at radius 2 is 1.06 bits per heavy atom. The van der Waals surface area contributed by atoms with E-state index in [2.05, 4.69) is 76.2 Å². The van der Waals surface area contributed by atoms with Gasteiger partial charge >= 0.3 is 117 Å². The standard InChI is InChI=1S/C13H10Se3/c14-13(15-11-7-3-1-4-8-11)16-12-9-5-2-6-10-12/h1-10H. The first-order chi connectivity index (χ1) is 7.84. The van der Waals surface area contributed by atoms with E-state index >= 15 is 0 Å². The molecule has 3 heteroatoms. The van der Waals surface area contributed by atoms with Gasteiger partial charge in [0.15, 0.2) is 0 Å². The summed E-state index contributed by atoms with van der Waals surface area (Å²) in [7, 11) is 0. The van der Waals surface area contributed by atoms with Crippen molar-refractivity contribution in [2.45, 2.75) is 0 Å². The Balaban J connectivity index is 1.95. The van der Waals surface area contributed by atoms with E-state index in [1.165, 1.54) is 11.1 Å². The summed E-state index contributed by atoms with van der Waals surface area (Å²) in [6.07, 6.45) is 0. The van der Waals surface area contributed by atoms with E-state index in [1.807, 2.05) is 0 Å². The second kappa shape index (κ2) is 6.57. The average Bonchev–Trinajstić information content (AvgIpc) is 2.31. The second-order valence-electron chi connectivity index (χ2n) is 3.08. The van der Waals surface area contributed by atoms with Crippen LogP contribution in [0.1, 0.15) is 0 Å². The van der Waals surface area contributed by atoms with Gasteiger partial charge in [-0.2, -0.15) is 0 Å². The predicted octanol–water partition coefficient (Wildman–Crippen LogP) is 0.302. The van der Waals surface area contributed by atoms with Crippen LogP contribution in [0.15, 0.2) is 60.7 Å². The van der Waals surface area contributed by atoms with Gasteiger partial charge in [-0.3, -0.25) is 0 Å². The zero-order chi connectivity index (χ0) is 11.2. The maximum atomic E-state index is 3.25. The van der Waals surface area contributed by atoms with Gasteiger partial charge in [0.1, 0.15) is 0 Å². The Morgan fingerprint density at radius 1 is 0.688 bits per heavy atom. The van der Waals surface area contributed by atoms with Crippen molar-refractivity contribution in [1.82, 2.24) is 0 Å². The van der Waals surface area contributed by atoms with Crippen molar-refractivity contribution >= 4 is 56.6 Å². The van der Waals surface area contributed by atoms with Gasteiger partial charge in [-0.1, -0.05) is 0 Å². The molecule has 2 aromatic rings. The third kappa shape index (κ3) is 4.03. The van der Waals surface area contributed by atoms with Crippen LogP contribution >= 0.6 is 0 Å². The van der Waals surface area contributed by atoms with Crippen LogP contribution < -0.4 is 8.92 Å². The van der Waals surface area contributed by atoms with Crippen LogP contribution in [-0.2, 0) is 0 Å². The van der Waals surface area contributed by atoms with Crippen LogP contribution in [0.3, 0.4) is 0 Å². The summed E-state index contributed by atoms with van der Waals surface area (Å²) in [6, 6.07) is 21.4. The first kappa shape index (κ1) is 12.3. The number of hydrogen-bond donors (Lipinski definition) is 0. The maximum absolute atomic E-state index is 3.25. The van der Waals surface area contributed by atoms with Gasteiger partial charge in [-0.05, 0) is 0 Å². The number of hydrogen-bond acceptors (Lipinski definition) is 0. The van der Waals surface area contributed by atoms with Crippen LogP contribution in [0.25, 0.3) is 0 Å². The van der Waals surface area contributed by atoms with E-state index in [-0.39, 0.29) is 0 Å². The molecule has 16 heavy (non-hydrogen) atoms. The van der Waals surface area contributed by atoms with Gasteiger partial charge in [-0.25, -0.2) is 0 Å². The van der Waals surface area contributed by atoms with Crippen molar-refractivity contribution in [2.24, 2.45) is 0 Å². The van der Waals surface area contributed by atoms with Gasteiger partial charge in [0.05, 0.1) is 0 Å². The molecule has 0 aliphatic carbocycles. The first-order valence-electron chi connectivity index (χ1n) is 4.84. The molecule has 0 fully saturated rings. The van der Waals surface area contributed by atoms with E-state index in [1.54, 1.807) is 0 Å². The Morgan fingerprint density at radius 3 is 1.44 bits per heavy atom. The quantitative estimate of drug-likeness (QED) is 0.645. The molecule has 80 valence electrons. The Kier molecular flexibility index (Phi) is 5.06. The molecule has 0 saturated heterocycles. The molecule has 2 aromatic carbocycles. The third-order valence-corrected chi connectivity index (χ3v) is 8.35. The SMILES string of the molecule is [Se]=C([Se]c1ccccc1)[Se]c1ccccc1. The molecular formula is C13H10Se3. The van der Waals surface area contributed by atoms with E-state index in [4.69, 9.17) is 0 Å². The number of benzene rings is 2. The molecule has 2 rings (SSSR count). The second-order valence-corrected chi connectivity index (χ2v) is 12.4. The summed E-state index contributed by atoms with van der Waals surface area (Å²) in [4.78, 5) is 0. The van der Waals surface area contributed by atoms with E-state index in [0.717, 1.165) is 0 Å². The van der Waals surface area contributed by atoms with Crippen LogP contribution in [0.4, 0.5) is 0 Å².